The van der Waals surface area contributed by atoms with Gasteiger partial charge in [0.05, 0.1) is 23.7 Å². The van der Waals surface area contributed by atoms with E-state index < -0.39 is 10.0 Å². The van der Waals surface area contributed by atoms with Crippen LogP contribution in [0.1, 0.15) is 24.0 Å². The Morgan fingerprint density at radius 1 is 1.24 bits per heavy atom. The van der Waals surface area contributed by atoms with Gasteiger partial charge in [-0.2, -0.15) is 0 Å². The molecule has 2 aliphatic rings. The lowest BCUT2D eigenvalue weighted by atomic mass is 10.0. The van der Waals surface area contributed by atoms with Gasteiger partial charge >= 0.3 is 0 Å². The molecule has 3 heterocycles. The van der Waals surface area contributed by atoms with E-state index in [1.807, 2.05) is 6.92 Å². The van der Waals surface area contributed by atoms with Crippen molar-refractivity contribution in [2.75, 3.05) is 64.8 Å². The first-order chi connectivity index (χ1) is 16.4. The van der Waals surface area contributed by atoms with Gasteiger partial charge in [0.25, 0.3) is 10.0 Å². The molecule has 1 aromatic heterocycles. The number of benzene rings is 1. The third kappa shape index (κ3) is 5.30. The van der Waals surface area contributed by atoms with E-state index in [1.165, 1.54) is 3.97 Å². The molecule has 9 nitrogen and oxygen atoms in total. The largest absolute Gasteiger partial charge is 0.379 e. The van der Waals surface area contributed by atoms with Crippen LogP contribution in [-0.2, 0) is 14.8 Å². The summed E-state index contributed by atoms with van der Waals surface area (Å²) in [6, 6.07) is 8.76. The molecule has 0 radical (unpaired) electrons. The third-order valence-electron chi connectivity index (χ3n) is 6.68. The summed E-state index contributed by atoms with van der Waals surface area (Å²) in [6.07, 6.45) is 3.62. The molecule has 4 rings (SSSR count). The Labute approximate surface area is 202 Å². The van der Waals surface area contributed by atoms with Gasteiger partial charge in [-0.1, -0.05) is 17.7 Å². The fourth-order valence-electron chi connectivity index (χ4n) is 4.68. The zero-order valence-corrected chi connectivity index (χ0v) is 20.9. The topological polar surface area (TPSA) is 103 Å². The second kappa shape index (κ2) is 10.9. The van der Waals surface area contributed by atoms with Crippen molar-refractivity contribution in [3.05, 3.63) is 47.7 Å². The van der Waals surface area contributed by atoms with Crippen molar-refractivity contribution < 1.29 is 13.2 Å². The summed E-state index contributed by atoms with van der Waals surface area (Å²) in [5, 5.41) is 15.6. The Morgan fingerprint density at radius 3 is 2.62 bits per heavy atom. The summed E-state index contributed by atoms with van der Waals surface area (Å²) in [7, 11) is -2.08. The van der Waals surface area contributed by atoms with Crippen molar-refractivity contribution >= 4 is 21.7 Å². The summed E-state index contributed by atoms with van der Waals surface area (Å²) < 4.78 is 33.5. The van der Waals surface area contributed by atoms with Gasteiger partial charge in [0.15, 0.2) is 0 Å². The van der Waals surface area contributed by atoms with Gasteiger partial charge in [-0.15, -0.1) is 0 Å². The number of hydrogen-bond donors (Lipinski definition) is 3. The number of morpholine rings is 1. The molecular formula is C24H36N6O3S. The molecule has 0 aliphatic carbocycles. The molecule has 2 fully saturated rings. The average Bonchev–Trinajstić information content (AvgIpc) is 3.31. The van der Waals surface area contributed by atoms with Crippen LogP contribution in [0.5, 0.6) is 0 Å². The minimum atomic E-state index is -3.79. The minimum Gasteiger partial charge on any atom is -0.379 e. The van der Waals surface area contributed by atoms with Crippen LogP contribution in [0.15, 0.2) is 41.4 Å². The summed E-state index contributed by atoms with van der Waals surface area (Å²) in [6.45, 7) is 8.59. The molecule has 1 unspecified atom stereocenters. The molecule has 2 saturated heterocycles. The lowest BCUT2D eigenvalue weighted by Crippen LogP contribution is -2.51. The molecule has 1 aromatic carbocycles. The summed E-state index contributed by atoms with van der Waals surface area (Å²) in [5.74, 6) is 0.759. The maximum absolute atomic E-state index is 13.4. The van der Waals surface area contributed by atoms with Gasteiger partial charge in [-0.3, -0.25) is 10.3 Å². The van der Waals surface area contributed by atoms with Gasteiger partial charge in [-0.05, 0) is 44.5 Å². The Bertz CT molecular complexity index is 1070. The first-order valence-electron chi connectivity index (χ1n) is 12.0. The number of ether oxygens (including phenoxy) is 1. The molecule has 2 aromatic rings. The van der Waals surface area contributed by atoms with Crippen LogP contribution in [0, 0.1) is 12.3 Å². The van der Waals surface area contributed by atoms with Crippen molar-refractivity contribution in [2.45, 2.75) is 30.7 Å². The van der Waals surface area contributed by atoms with Gasteiger partial charge in [0, 0.05) is 52.0 Å². The van der Waals surface area contributed by atoms with Gasteiger partial charge < -0.3 is 20.3 Å². The number of aromatic nitrogens is 1. The smallest absolute Gasteiger partial charge is 0.269 e. The Hall–Kier alpha value is -2.40. The standard InChI is InChI=1S/C24H36N6O3S/c1-19-5-7-21(8-6-19)34(31,32)30-11-9-22(24(30)26-2)23(25)29(20-4-3-10-27-18-20)13-12-28-14-16-33-17-15-28/h5-9,11,20,25-27H,3-4,10,12-18H2,1-2H3. The van der Waals surface area contributed by atoms with E-state index >= 15 is 0 Å². The highest BCUT2D eigenvalue weighted by Gasteiger charge is 2.29. The Morgan fingerprint density at radius 2 is 1.97 bits per heavy atom. The number of hydrogen-bond acceptors (Lipinski definition) is 7. The van der Waals surface area contributed by atoms with Crippen LogP contribution in [0.25, 0.3) is 0 Å². The van der Waals surface area contributed by atoms with Crippen molar-refractivity contribution in [2.24, 2.45) is 0 Å². The molecule has 3 N–H and O–H groups in total. The van der Waals surface area contributed by atoms with Crippen molar-refractivity contribution in [3.8, 4) is 0 Å². The van der Waals surface area contributed by atoms with Crippen LogP contribution in [-0.4, -0.2) is 93.6 Å². The summed E-state index contributed by atoms with van der Waals surface area (Å²) in [5.41, 5.74) is 1.59. The van der Waals surface area contributed by atoms with E-state index in [4.69, 9.17) is 10.1 Å². The number of piperidine rings is 1. The number of rotatable bonds is 8. The lowest BCUT2D eigenvalue weighted by Gasteiger charge is -2.38. The molecule has 0 saturated carbocycles. The number of amidine groups is 1. The summed E-state index contributed by atoms with van der Waals surface area (Å²) in [4.78, 5) is 4.73. The van der Waals surface area contributed by atoms with E-state index in [1.54, 1.807) is 43.6 Å². The fourth-order valence-corrected chi connectivity index (χ4v) is 6.04. The Balaban J connectivity index is 1.61. The maximum atomic E-state index is 13.4. The average molecular weight is 489 g/mol. The first kappa shape index (κ1) is 24.7. The van der Waals surface area contributed by atoms with Gasteiger partial charge in [-0.25, -0.2) is 12.4 Å². The SMILES string of the molecule is CNc1c(C(=N)N(CCN2CCOCC2)C2CCCNC2)ccn1S(=O)(=O)c1ccc(C)cc1. The highest BCUT2D eigenvalue weighted by atomic mass is 32.2. The van der Waals surface area contributed by atoms with Crippen molar-refractivity contribution in [1.29, 1.82) is 5.41 Å². The minimum absolute atomic E-state index is 0.198. The lowest BCUT2D eigenvalue weighted by molar-refractivity contribution is 0.0344. The predicted octanol–water partition coefficient (Wildman–Crippen LogP) is 1.79. The third-order valence-corrected chi connectivity index (χ3v) is 8.37. The van der Waals surface area contributed by atoms with E-state index in [2.05, 4.69) is 20.4 Å². The first-order valence-corrected chi connectivity index (χ1v) is 13.4. The van der Waals surface area contributed by atoms with E-state index in [0.717, 1.165) is 64.3 Å². The Kier molecular flexibility index (Phi) is 7.92. The molecule has 186 valence electrons. The molecule has 0 amide bonds. The molecule has 34 heavy (non-hydrogen) atoms. The van der Waals surface area contributed by atoms with Crippen LogP contribution in [0.3, 0.4) is 0 Å². The number of aryl methyl sites for hydroxylation is 1. The second-order valence-electron chi connectivity index (χ2n) is 8.94. The normalized spacial score (nSPS) is 19.6. The molecule has 0 spiro atoms. The summed E-state index contributed by atoms with van der Waals surface area (Å²) >= 11 is 0. The van der Waals surface area contributed by atoms with Crippen LogP contribution in [0.2, 0.25) is 0 Å². The molecule has 2 aliphatic heterocycles. The molecule has 1 atom stereocenters. The number of anilines is 1. The number of nitrogens with zero attached hydrogens (tertiary/aromatic N) is 3. The fraction of sp³-hybridized carbons (Fsp3) is 0.542. The van der Waals surface area contributed by atoms with Gasteiger partial charge in [0.1, 0.15) is 11.7 Å². The highest BCUT2D eigenvalue weighted by molar-refractivity contribution is 7.90. The van der Waals surface area contributed by atoms with Crippen LogP contribution < -0.4 is 10.6 Å². The second-order valence-corrected chi connectivity index (χ2v) is 10.8. The monoisotopic (exact) mass is 488 g/mol. The maximum Gasteiger partial charge on any atom is 0.269 e. The van der Waals surface area contributed by atoms with E-state index in [9.17, 15) is 8.42 Å². The van der Waals surface area contributed by atoms with E-state index in [0.29, 0.717) is 23.8 Å². The molecule has 0 bridgehead atoms. The quantitative estimate of drug-likeness (QED) is 0.385. The zero-order chi connectivity index (χ0) is 24.1. The van der Waals surface area contributed by atoms with Crippen molar-refractivity contribution in [3.63, 3.8) is 0 Å². The highest BCUT2D eigenvalue weighted by Crippen LogP contribution is 2.26. The van der Waals surface area contributed by atoms with Gasteiger partial charge in [0.2, 0.25) is 0 Å². The number of nitrogens with one attached hydrogen (secondary N) is 3. The predicted molar refractivity (Wildman–Crippen MR) is 134 cm³/mol. The van der Waals surface area contributed by atoms with Crippen LogP contribution in [0.4, 0.5) is 5.82 Å². The van der Waals surface area contributed by atoms with Crippen molar-refractivity contribution in [1.82, 2.24) is 19.1 Å². The molecule has 10 heteroatoms. The molecular weight excluding hydrogens is 452 g/mol. The van der Waals surface area contributed by atoms with E-state index in [-0.39, 0.29) is 10.9 Å². The zero-order valence-electron chi connectivity index (χ0n) is 20.1. The van der Waals surface area contributed by atoms with Crippen LogP contribution >= 0.6 is 0 Å².